The van der Waals surface area contributed by atoms with Crippen LogP contribution in [0.5, 0.6) is 5.75 Å². The molecule has 2 heterocycles. The van der Waals surface area contributed by atoms with Gasteiger partial charge in [0.1, 0.15) is 17.1 Å². The minimum atomic E-state index is -4.77. The quantitative estimate of drug-likeness (QED) is 0.330. The molecule has 1 fully saturated rings. The van der Waals surface area contributed by atoms with E-state index in [0.29, 0.717) is 62.3 Å². The Morgan fingerprint density at radius 1 is 1.09 bits per heavy atom. The molecule has 1 amide bonds. The molecular formula is C31H39F3N8O4S. The summed E-state index contributed by atoms with van der Waals surface area (Å²) >= 11 is 0. The second kappa shape index (κ2) is 13.5. The maximum absolute atomic E-state index is 14.2. The highest BCUT2D eigenvalue weighted by molar-refractivity contribution is 7.88. The molecular weight excluding hydrogens is 637 g/mol. The lowest BCUT2D eigenvalue weighted by atomic mass is 10.1. The van der Waals surface area contributed by atoms with E-state index in [2.05, 4.69) is 30.4 Å². The van der Waals surface area contributed by atoms with E-state index in [1.54, 1.807) is 43.3 Å². The SMILES string of the molecule is COc1cc(N2CCN(CC(=O)N(C)C)CC2)ccc1Nc1ncc(C(F)(F)F)c(N[C@@H]2Cc3ccccc3[C@@H]2N(C)S(C)(=O)=O)n1. The van der Waals surface area contributed by atoms with Crippen molar-refractivity contribution in [1.82, 2.24) is 24.1 Å². The number of amides is 1. The zero-order valence-electron chi connectivity index (χ0n) is 26.9. The molecule has 1 saturated heterocycles. The van der Waals surface area contributed by atoms with Gasteiger partial charge in [-0.15, -0.1) is 0 Å². The first-order valence-electron chi connectivity index (χ1n) is 15.0. The Labute approximate surface area is 272 Å². The van der Waals surface area contributed by atoms with Crippen molar-refractivity contribution in [2.45, 2.75) is 24.7 Å². The Bertz CT molecular complexity index is 1720. The number of anilines is 4. The number of rotatable bonds is 10. The summed E-state index contributed by atoms with van der Waals surface area (Å²) in [6.45, 7) is 3.19. The lowest BCUT2D eigenvalue weighted by Gasteiger charge is -2.36. The molecule has 0 spiro atoms. The van der Waals surface area contributed by atoms with Gasteiger partial charge in [-0.2, -0.15) is 22.5 Å². The molecule has 1 aliphatic heterocycles. The monoisotopic (exact) mass is 676 g/mol. The molecule has 0 saturated carbocycles. The van der Waals surface area contributed by atoms with Crippen LogP contribution in [-0.4, -0.2) is 112 Å². The summed E-state index contributed by atoms with van der Waals surface area (Å²) in [5, 5.41) is 5.89. The third-order valence-corrected chi connectivity index (χ3v) is 9.83. The van der Waals surface area contributed by atoms with E-state index >= 15 is 0 Å². The second-order valence-electron chi connectivity index (χ2n) is 11.9. The van der Waals surface area contributed by atoms with E-state index in [4.69, 9.17) is 4.74 Å². The molecule has 0 radical (unpaired) electrons. The van der Waals surface area contributed by atoms with E-state index < -0.39 is 39.7 Å². The maximum Gasteiger partial charge on any atom is 0.421 e. The molecule has 5 rings (SSSR count). The van der Waals surface area contributed by atoms with Gasteiger partial charge < -0.3 is 25.2 Å². The van der Waals surface area contributed by atoms with Gasteiger partial charge in [-0.05, 0) is 29.7 Å². The molecule has 2 atom stereocenters. The Kier molecular flexibility index (Phi) is 9.84. The average Bonchev–Trinajstić information content (AvgIpc) is 3.37. The first-order chi connectivity index (χ1) is 22.2. The van der Waals surface area contributed by atoms with E-state index in [1.807, 2.05) is 18.2 Å². The van der Waals surface area contributed by atoms with Gasteiger partial charge in [0.2, 0.25) is 21.9 Å². The van der Waals surface area contributed by atoms with Crippen molar-refractivity contribution in [3.05, 3.63) is 65.4 Å². The molecule has 0 bridgehead atoms. The first-order valence-corrected chi connectivity index (χ1v) is 16.8. The summed E-state index contributed by atoms with van der Waals surface area (Å²) in [5.74, 6) is -0.0873. The van der Waals surface area contributed by atoms with Gasteiger partial charge in [0.05, 0.1) is 37.7 Å². The molecule has 47 heavy (non-hydrogen) atoms. The zero-order valence-corrected chi connectivity index (χ0v) is 27.7. The second-order valence-corrected chi connectivity index (χ2v) is 13.9. The normalized spacial score (nSPS) is 18.6. The summed E-state index contributed by atoms with van der Waals surface area (Å²) in [7, 11) is 2.69. The standard InChI is InChI=1S/C31H39F3N8O4S/c1-39(2)27(43)19-41-12-14-42(15-13-41)21-10-11-24(26(17-21)46-4)37-30-35-18-23(31(32,33)34)29(38-30)36-25-16-20-8-6-7-9-22(20)28(25)40(3)47(5,44)45/h6-11,17-18,25,28H,12-16,19H2,1-5H3,(H2,35,36,37,38)/t25-,28+/m1/s1. The highest BCUT2D eigenvalue weighted by atomic mass is 32.2. The van der Waals surface area contributed by atoms with Crippen molar-refractivity contribution in [3.63, 3.8) is 0 Å². The van der Waals surface area contributed by atoms with Crippen molar-refractivity contribution in [2.75, 3.05) is 82.8 Å². The Balaban J connectivity index is 1.37. The zero-order chi connectivity index (χ0) is 34.1. The van der Waals surface area contributed by atoms with Crippen LogP contribution in [0.15, 0.2) is 48.7 Å². The van der Waals surface area contributed by atoms with Crippen LogP contribution in [-0.2, 0) is 27.4 Å². The molecule has 1 aromatic heterocycles. The molecule has 2 aliphatic rings. The topological polar surface area (TPSA) is 123 Å². The van der Waals surface area contributed by atoms with Crippen molar-refractivity contribution in [1.29, 1.82) is 0 Å². The number of carbonyl (C=O) groups is 1. The number of hydrogen-bond acceptors (Lipinski definition) is 10. The highest BCUT2D eigenvalue weighted by Gasteiger charge is 2.41. The van der Waals surface area contributed by atoms with Crippen LogP contribution in [0.4, 0.5) is 36.3 Å². The number of sulfonamides is 1. The fourth-order valence-corrected chi connectivity index (χ4v) is 6.56. The molecule has 12 nitrogen and oxygen atoms in total. The summed E-state index contributed by atoms with van der Waals surface area (Å²) < 4.78 is 74.3. The van der Waals surface area contributed by atoms with Crippen molar-refractivity contribution < 1.29 is 31.1 Å². The number of nitrogens with one attached hydrogen (secondary N) is 2. The van der Waals surface area contributed by atoms with Gasteiger partial charge in [-0.25, -0.2) is 13.4 Å². The molecule has 1 aliphatic carbocycles. The number of ether oxygens (including phenoxy) is 1. The summed E-state index contributed by atoms with van der Waals surface area (Å²) in [4.78, 5) is 26.1. The largest absolute Gasteiger partial charge is 0.494 e. The van der Waals surface area contributed by atoms with Crippen molar-refractivity contribution in [3.8, 4) is 5.75 Å². The minimum absolute atomic E-state index is 0.0498. The van der Waals surface area contributed by atoms with E-state index in [-0.39, 0.29) is 11.9 Å². The number of likely N-dealkylation sites (N-methyl/N-ethyl adjacent to an activating group) is 2. The number of nitrogens with zero attached hydrogens (tertiary/aromatic N) is 6. The molecule has 16 heteroatoms. The van der Waals surface area contributed by atoms with Gasteiger partial charge >= 0.3 is 6.18 Å². The number of hydrogen-bond donors (Lipinski definition) is 2. The number of piperazine rings is 1. The number of fused-ring (bicyclic) bond motifs is 1. The summed E-state index contributed by atoms with van der Waals surface area (Å²) in [5.41, 5.74) is 1.81. The van der Waals surface area contributed by atoms with E-state index in [0.717, 1.165) is 17.5 Å². The smallest absolute Gasteiger partial charge is 0.421 e. The fourth-order valence-electron chi connectivity index (χ4n) is 5.89. The van der Waals surface area contributed by atoms with Crippen molar-refractivity contribution >= 4 is 39.1 Å². The highest BCUT2D eigenvalue weighted by Crippen LogP contribution is 2.41. The lowest BCUT2D eigenvalue weighted by Crippen LogP contribution is -2.49. The predicted octanol–water partition coefficient (Wildman–Crippen LogP) is 3.43. The molecule has 2 aromatic carbocycles. The summed E-state index contributed by atoms with van der Waals surface area (Å²) in [6.07, 6.45) is -2.71. The Hall–Kier alpha value is -4.15. The maximum atomic E-state index is 14.2. The number of aromatic nitrogens is 2. The number of benzene rings is 2. The molecule has 254 valence electrons. The van der Waals surface area contributed by atoms with Crippen LogP contribution >= 0.6 is 0 Å². The van der Waals surface area contributed by atoms with Gasteiger partial charge in [0, 0.05) is 65.3 Å². The summed E-state index contributed by atoms with van der Waals surface area (Å²) in [6, 6.07) is 11.1. The van der Waals surface area contributed by atoms with Crippen LogP contribution in [0.2, 0.25) is 0 Å². The van der Waals surface area contributed by atoms with Crippen LogP contribution < -0.4 is 20.3 Å². The fraction of sp³-hybridized carbons (Fsp3) is 0.452. The lowest BCUT2D eigenvalue weighted by molar-refractivity contribution is -0.137. The molecule has 3 aromatic rings. The predicted molar refractivity (Wildman–Crippen MR) is 174 cm³/mol. The molecule has 0 unspecified atom stereocenters. The average molecular weight is 677 g/mol. The van der Waals surface area contributed by atoms with Crippen LogP contribution in [0.1, 0.15) is 22.7 Å². The van der Waals surface area contributed by atoms with Gasteiger partial charge in [-0.1, -0.05) is 24.3 Å². The third-order valence-electron chi connectivity index (χ3n) is 8.55. The van der Waals surface area contributed by atoms with Crippen LogP contribution in [0.25, 0.3) is 0 Å². The van der Waals surface area contributed by atoms with E-state index in [9.17, 15) is 26.4 Å². The number of methoxy groups -OCH3 is 1. The number of alkyl halides is 3. The Morgan fingerprint density at radius 2 is 1.79 bits per heavy atom. The number of halogens is 3. The Morgan fingerprint density at radius 3 is 2.43 bits per heavy atom. The molecule has 2 N–H and O–H groups in total. The first kappa shape index (κ1) is 34.2. The minimum Gasteiger partial charge on any atom is -0.494 e. The van der Waals surface area contributed by atoms with Gasteiger partial charge in [0.15, 0.2) is 0 Å². The van der Waals surface area contributed by atoms with Gasteiger partial charge in [0.25, 0.3) is 0 Å². The van der Waals surface area contributed by atoms with Crippen LogP contribution in [0, 0.1) is 0 Å². The number of carbonyl (C=O) groups excluding carboxylic acids is 1. The third kappa shape index (κ3) is 7.71. The van der Waals surface area contributed by atoms with E-state index in [1.165, 1.54) is 18.5 Å². The van der Waals surface area contributed by atoms with Gasteiger partial charge in [-0.3, -0.25) is 9.69 Å². The van der Waals surface area contributed by atoms with Crippen molar-refractivity contribution in [2.24, 2.45) is 0 Å². The van der Waals surface area contributed by atoms with Crippen LogP contribution in [0.3, 0.4) is 0 Å².